The van der Waals surface area contributed by atoms with Crippen molar-refractivity contribution < 1.29 is 15.0 Å². The van der Waals surface area contributed by atoms with Crippen molar-refractivity contribution in [2.75, 3.05) is 24.6 Å². The van der Waals surface area contributed by atoms with Crippen LogP contribution in [0.3, 0.4) is 0 Å². The molecule has 2 fully saturated rings. The Morgan fingerprint density at radius 2 is 2.10 bits per heavy atom. The SMILES string of the molecule is O=C1NC(O)CCC1c1cccc(N2CC(CO)C2)c1. The minimum absolute atomic E-state index is 0.0993. The third kappa shape index (κ3) is 2.51. The van der Waals surface area contributed by atoms with Gasteiger partial charge in [-0.15, -0.1) is 0 Å². The third-order valence-electron chi connectivity index (χ3n) is 4.21. The van der Waals surface area contributed by atoms with Gasteiger partial charge in [-0.2, -0.15) is 0 Å². The molecule has 2 saturated heterocycles. The van der Waals surface area contributed by atoms with E-state index in [2.05, 4.69) is 16.3 Å². The minimum atomic E-state index is -0.706. The standard InChI is InChI=1S/C15H20N2O3/c18-9-10-7-17(8-10)12-3-1-2-11(6-12)13-4-5-14(19)16-15(13)20/h1-3,6,10,13-14,18-19H,4-5,7-9H2,(H,16,20). The Morgan fingerprint density at radius 3 is 2.80 bits per heavy atom. The molecule has 1 aromatic rings. The van der Waals surface area contributed by atoms with Crippen molar-refractivity contribution in [1.29, 1.82) is 0 Å². The van der Waals surface area contributed by atoms with Gasteiger partial charge in [0.2, 0.25) is 5.91 Å². The average Bonchev–Trinajstić information content (AvgIpc) is 2.38. The number of hydrogen-bond acceptors (Lipinski definition) is 4. The molecule has 2 aliphatic rings. The van der Waals surface area contributed by atoms with Crippen molar-refractivity contribution in [2.45, 2.75) is 25.0 Å². The number of carbonyl (C=O) groups is 1. The quantitative estimate of drug-likeness (QED) is 0.748. The summed E-state index contributed by atoms with van der Waals surface area (Å²) in [5.41, 5.74) is 2.10. The van der Waals surface area contributed by atoms with Gasteiger partial charge in [0.25, 0.3) is 0 Å². The minimum Gasteiger partial charge on any atom is -0.396 e. The smallest absolute Gasteiger partial charge is 0.229 e. The third-order valence-corrected chi connectivity index (χ3v) is 4.21. The Kier molecular flexibility index (Phi) is 3.63. The first-order valence-electron chi connectivity index (χ1n) is 7.11. The predicted molar refractivity (Wildman–Crippen MR) is 75.4 cm³/mol. The summed E-state index contributed by atoms with van der Waals surface area (Å²) >= 11 is 0. The van der Waals surface area contributed by atoms with Crippen LogP contribution in [0.4, 0.5) is 5.69 Å². The van der Waals surface area contributed by atoms with Crippen LogP contribution in [0.15, 0.2) is 24.3 Å². The molecule has 3 N–H and O–H groups in total. The maximum absolute atomic E-state index is 12.0. The lowest BCUT2D eigenvalue weighted by Crippen LogP contribution is -2.48. The van der Waals surface area contributed by atoms with E-state index >= 15 is 0 Å². The van der Waals surface area contributed by atoms with Crippen molar-refractivity contribution in [3.63, 3.8) is 0 Å². The highest BCUT2D eigenvalue weighted by Gasteiger charge is 2.30. The molecule has 5 heteroatoms. The van der Waals surface area contributed by atoms with E-state index in [0.717, 1.165) is 24.3 Å². The second kappa shape index (κ2) is 5.42. The number of amides is 1. The van der Waals surface area contributed by atoms with Crippen molar-refractivity contribution in [1.82, 2.24) is 5.32 Å². The second-order valence-corrected chi connectivity index (χ2v) is 5.70. The fraction of sp³-hybridized carbons (Fsp3) is 0.533. The van der Waals surface area contributed by atoms with E-state index < -0.39 is 6.23 Å². The molecule has 0 saturated carbocycles. The average molecular weight is 276 g/mol. The van der Waals surface area contributed by atoms with Gasteiger partial charge < -0.3 is 20.4 Å². The molecule has 2 unspecified atom stereocenters. The highest BCUT2D eigenvalue weighted by Crippen LogP contribution is 2.31. The Labute approximate surface area is 118 Å². The van der Waals surface area contributed by atoms with Crippen LogP contribution in [0.2, 0.25) is 0 Å². The Hall–Kier alpha value is -1.59. The summed E-state index contributed by atoms with van der Waals surface area (Å²) in [5, 5.41) is 21.1. The van der Waals surface area contributed by atoms with E-state index in [4.69, 9.17) is 5.11 Å². The van der Waals surface area contributed by atoms with E-state index in [9.17, 15) is 9.90 Å². The summed E-state index contributed by atoms with van der Waals surface area (Å²) < 4.78 is 0. The van der Waals surface area contributed by atoms with Crippen LogP contribution in [-0.4, -0.2) is 42.0 Å². The molecule has 108 valence electrons. The predicted octanol–water partition coefficient (Wildman–Crippen LogP) is 0.427. The number of aliphatic hydroxyl groups excluding tert-OH is 2. The summed E-state index contributed by atoms with van der Waals surface area (Å²) in [7, 11) is 0. The lowest BCUT2D eigenvalue weighted by Gasteiger charge is -2.40. The van der Waals surface area contributed by atoms with Crippen LogP contribution in [0, 0.1) is 5.92 Å². The lowest BCUT2D eigenvalue weighted by atomic mass is 9.89. The van der Waals surface area contributed by atoms with E-state index in [1.54, 1.807) is 0 Å². The monoisotopic (exact) mass is 276 g/mol. The number of nitrogens with zero attached hydrogens (tertiary/aromatic N) is 1. The Bertz CT molecular complexity index is 500. The van der Waals surface area contributed by atoms with E-state index in [0.29, 0.717) is 18.8 Å². The maximum Gasteiger partial charge on any atom is 0.229 e. The summed E-state index contributed by atoms with van der Waals surface area (Å²) in [6.45, 7) is 1.98. The molecule has 1 amide bonds. The van der Waals surface area contributed by atoms with Gasteiger partial charge in [0.15, 0.2) is 0 Å². The number of rotatable bonds is 3. The number of nitrogens with one attached hydrogen (secondary N) is 1. The van der Waals surface area contributed by atoms with Crippen molar-refractivity contribution in [3.8, 4) is 0 Å². The van der Waals surface area contributed by atoms with Gasteiger partial charge >= 0.3 is 0 Å². The molecule has 0 radical (unpaired) electrons. The van der Waals surface area contributed by atoms with Crippen LogP contribution in [0.1, 0.15) is 24.3 Å². The molecule has 0 aromatic heterocycles. The molecule has 0 aliphatic carbocycles. The first-order valence-corrected chi connectivity index (χ1v) is 7.11. The molecule has 0 bridgehead atoms. The van der Waals surface area contributed by atoms with Gasteiger partial charge in [0.05, 0.1) is 5.92 Å². The highest BCUT2D eigenvalue weighted by molar-refractivity contribution is 5.84. The van der Waals surface area contributed by atoms with E-state index in [1.165, 1.54) is 0 Å². The number of benzene rings is 1. The number of carbonyl (C=O) groups excluding carboxylic acids is 1. The number of hydrogen-bond donors (Lipinski definition) is 3. The van der Waals surface area contributed by atoms with Crippen LogP contribution >= 0.6 is 0 Å². The molecule has 2 aliphatic heterocycles. The topological polar surface area (TPSA) is 72.8 Å². The van der Waals surface area contributed by atoms with Gasteiger partial charge in [-0.1, -0.05) is 12.1 Å². The summed E-state index contributed by atoms with van der Waals surface area (Å²) in [4.78, 5) is 14.2. The van der Waals surface area contributed by atoms with Crippen LogP contribution in [0.25, 0.3) is 0 Å². The number of anilines is 1. The molecule has 20 heavy (non-hydrogen) atoms. The van der Waals surface area contributed by atoms with Crippen molar-refractivity contribution in [3.05, 3.63) is 29.8 Å². The first-order chi connectivity index (χ1) is 9.67. The van der Waals surface area contributed by atoms with Gasteiger partial charge in [0.1, 0.15) is 6.23 Å². The molecular formula is C15H20N2O3. The molecule has 3 rings (SSSR count). The summed E-state index contributed by atoms with van der Waals surface area (Å²) in [6, 6.07) is 8.02. The molecule has 1 aromatic carbocycles. The lowest BCUT2D eigenvalue weighted by molar-refractivity contribution is -0.128. The zero-order chi connectivity index (χ0) is 14.1. The molecule has 2 atom stereocenters. The maximum atomic E-state index is 12.0. The first kappa shape index (κ1) is 13.4. The summed E-state index contributed by atoms with van der Waals surface area (Å²) in [5.74, 6) is 0.0952. The van der Waals surface area contributed by atoms with Crippen LogP contribution in [0.5, 0.6) is 0 Å². The van der Waals surface area contributed by atoms with E-state index in [1.807, 2.05) is 18.2 Å². The van der Waals surface area contributed by atoms with Gasteiger partial charge in [-0.05, 0) is 30.5 Å². The van der Waals surface area contributed by atoms with Crippen molar-refractivity contribution >= 4 is 11.6 Å². The fourth-order valence-corrected chi connectivity index (χ4v) is 2.95. The Morgan fingerprint density at radius 1 is 1.30 bits per heavy atom. The van der Waals surface area contributed by atoms with Gasteiger partial charge in [-0.3, -0.25) is 4.79 Å². The molecular weight excluding hydrogens is 256 g/mol. The second-order valence-electron chi connectivity index (χ2n) is 5.70. The fourth-order valence-electron chi connectivity index (χ4n) is 2.95. The normalized spacial score (nSPS) is 27.1. The zero-order valence-electron chi connectivity index (χ0n) is 11.3. The number of aliphatic hydroxyl groups is 2. The largest absolute Gasteiger partial charge is 0.396 e. The Balaban J connectivity index is 1.73. The van der Waals surface area contributed by atoms with Gasteiger partial charge in [-0.25, -0.2) is 0 Å². The summed E-state index contributed by atoms with van der Waals surface area (Å²) in [6.07, 6.45) is 0.565. The highest BCUT2D eigenvalue weighted by atomic mass is 16.3. The van der Waals surface area contributed by atoms with Gasteiger partial charge in [0, 0.05) is 31.3 Å². The molecule has 0 spiro atoms. The van der Waals surface area contributed by atoms with Crippen LogP contribution in [-0.2, 0) is 4.79 Å². The van der Waals surface area contributed by atoms with E-state index in [-0.39, 0.29) is 18.4 Å². The molecule has 5 nitrogen and oxygen atoms in total. The number of piperidine rings is 1. The van der Waals surface area contributed by atoms with Crippen molar-refractivity contribution in [2.24, 2.45) is 5.92 Å². The zero-order valence-corrected chi connectivity index (χ0v) is 11.3. The van der Waals surface area contributed by atoms with Crippen LogP contribution < -0.4 is 10.2 Å². The molecule has 2 heterocycles.